The van der Waals surface area contributed by atoms with Gasteiger partial charge in [-0.1, -0.05) is 25.3 Å². The third-order valence-electron chi connectivity index (χ3n) is 5.55. The summed E-state index contributed by atoms with van der Waals surface area (Å²) in [5.41, 5.74) is 0. The highest BCUT2D eigenvalue weighted by molar-refractivity contribution is 7.12. The lowest BCUT2D eigenvalue weighted by atomic mass is 9.89. The second-order valence-electron chi connectivity index (χ2n) is 7.23. The van der Waals surface area contributed by atoms with E-state index in [-0.39, 0.29) is 17.9 Å². The van der Waals surface area contributed by atoms with E-state index in [0.29, 0.717) is 19.0 Å². The Morgan fingerprint density at radius 1 is 1.20 bits per heavy atom. The van der Waals surface area contributed by atoms with Gasteiger partial charge in [0.05, 0.1) is 10.9 Å². The van der Waals surface area contributed by atoms with Crippen molar-refractivity contribution in [2.75, 3.05) is 32.7 Å². The molecule has 25 heavy (non-hydrogen) atoms. The molecule has 1 unspecified atom stereocenters. The molecule has 6 heteroatoms. The van der Waals surface area contributed by atoms with Crippen LogP contribution in [0.3, 0.4) is 0 Å². The Labute approximate surface area is 154 Å². The van der Waals surface area contributed by atoms with Crippen LogP contribution in [0.1, 0.15) is 48.7 Å². The number of hydrogen-bond donors (Lipinski definition) is 1. The number of thiophene rings is 1. The van der Waals surface area contributed by atoms with Crippen molar-refractivity contribution in [3.05, 3.63) is 22.4 Å². The average Bonchev–Trinajstić information content (AvgIpc) is 3.20. The van der Waals surface area contributed by atoms with E-state index in [1.165, 1.54) is 43.4 Å². The largest absolute Gasteiger partial charge is 0.354 e. The summed E-state index contributed by atoms with van der Waals surface area (Å²) in [6.45, 7) is 5.70. The molecule has 1 aromatic rings. The second kappa shape index (κ2) is 8.81. The first kappa shape index (κ1) is 18.4. The van der Waals surface area contributed by atoms with Gasteiger partial charge in [-0.25, -0.2) is 0 Å². The number of nitrogens with zero attached hydrogens (tertiary/aromatic N) is 2. The van der Waals surface area contributed by atoms with Crippen LogP contribution in [0, 0.1) is 5.92 Å². The summed E-state index contributed by atoms with van der Waals surface area (Å²) >= 11 is 1.49. The molecule has 0 bridgehead atoms. The number of hydrogen-bond acceptors (Lipinski definition) is 4. The number of amides is 2. The van der Waals surface area contributed by atoms with Crippen molar-refractivity contribution in [2.45, 2.75) is 45.1 Å². The monoisotopic (exact) mass is 363 g/mol. The van der Waals surface area contributed by atoms with Gasteiger partial charge in [0, 0.05) is 32.7 Å². The van der Waals surface area contributed by atoms with E-state index in [0.717, 1.165) is 24.5 Å². The molecule has 2 fully saturated rings. The SMILES string of the molecule is CC(C(=O)NCC1CCCCC1)N1CCN(C(=O)c2cccs2)CC1. The van der Waals surface area contributed by atoms with Crippen LogP contribution in [-0.4, -0.2) is 60.4 Å². The number of rotatable bonds is 5. The fourth-order valence-corrected chi connectivity index (χ4v) is 4.51. The molecule has 0 radical (unpaired) electrons. The van der Waals surface area contributed by atoms with Gasteiger partial charge in [-0.05, 0) is 37.1 Å². The van der Waals surface area contributed by atoms with E-state index in [1.54, 1.807) is 0 Å². The van der Waals surface area contributed by atoms with Gasteiger partial charge in [-0.15, -0.1) is 11.3 Å². The first-order chi connectivity index (χ1) is 12.1. The summed E-state index contributed by atoms with van der Waals surface area (Å²) in [5.74, 6) is 0.901. The van der Waals surface area contributed by atoms with Crippen molar-refractivity contribution in [3.8, 4) is 0 Å². The highest BCUT2D eigenvalue weighted by Crippen LogP contribution is 2.22. The fraction of sp³-hybridized carbons (Fsp3) is 0.684. The maximum Gasteiger partial charge on any atom is 0.264 e. The van der Waals surface area contributed by atoms with Gasteiger partial charge in [0.2, 0.25) is 5.91 Å². The van der Waals surface area contributed by atoms with E-state index in [9.17, 15) is 9.59 Å². The molecule has 2 aliphatic rings. The lowest BCUT2D eigenvalue weighted by Crippen LogP contribution is -2.55. The minimum absolute atomic E-state index is 0.115. The van der Waals surface area contributed by atoms with Crippen LogP contribution >= 0.6 is 11.3 Å². The van der Waals surface area contributed by atoms with Crippen molar-refractivity contribution < 1.29 is 9.59 Å². The van der Waals surface area contributed by atoms with Crippen LogP contribution in [-0.2, 0) is 4.79 Å². The van der Waals surface area contributed by atoms with E-state index >= 15 is 0 Å². The average molecular weight is 364 g/mol. The fourth-order valence-electron chi connectivity index (χ4n) is 3.82. The molecule has 1 aliphatic carbocycles. The molecule has 0 aromatic carbocycles. The van der Waals surface area contributed by atoms with Crippen LogP contribution in [0.5, 0.6) is 0 Å². The predicted molar refractivity (Wildman–Crippen MR) is 101 cm³/mol. The number of carbonyl (C=O) groups is 2. The molecular formula is C19H29N3O2S. The summed E-state index contributed by atoms with van der Waals surface area (Å²) in [6.07, 6.45) is 6.44. The lowest BCUT2D eigenvalue weighted by molar-refractivity contribution is -0.126. The first-order valence-electron chi connectivity index (χ1n) is 9.49. The van der Waals surface area contributed by atoms with Crippen LogP contribution < -0.4 is 5.32 Å². The van der Waals surface area contributed by atoms with Gasteiger partial charge in [-0.3, -0.25) is 14.5 Å². The zero-order valence-corrected chi connectivity index (χ0v) is 15.9. The summed E-state index contributed by atoms with van der Waals surface area (Å²) in [7, 11) is 0. The van der Waals surface area contributed by atoms with Crippen LogP contribution in [0.15, 0.2) is 17.5 Å². The Bertz CT molecular complexity index is 561. The molecular weight excluding hydrogens is 334 g/mol. The molecule has 5 nitrogen and oxygen atoms in total. The normalized spacial score (nSPS) is 21.1. The van der Waals surface area contributed by atoms with Gasteiger partial charge in [0.1, 0.15) is 0 Å². The van der Waals surface area contributed by atoms with E-state index in [4.69, 9.17) is 0 Å². The summed E-state index contributed by atoms with van der Waals surface area (Å²) in [5, 5.41) is 5.08. The van der Waals surface area contributed by atoms with Crippen LogP contribution in [0.4, 0.5) is 0 Å². The highest BCUT2D eigenvalue weighted by Gasteiger charge is 2.28. The van der Waals surface area contributed by atoms with Gasteiger partial charge >= 0.3 is 0 Å². The van der Waals surface area contributed by atoms with Crippen molar-refractivity contribution in [2.24, 2.45) is 5.92 Å². The van der Waals surface area contributed by atoms with E-state index < -0.39 is 0 Å². The van der Waals surface area contributed by atoms with Gasteiger partial charge in [0.15, 0.2) is 0 Å². The quantitative estimate of drug-likeness (QED) is 0.875. The van der Waals surface area contributed by atoms with E-state index in [1.807, 2.05) is 29.3 Å². The number of piperazine rings is 1. The topological polar surface area (TPSA) is 52.7 Å². The molecule has 1 N–H and O–H groups in total. The predicted octanol–water partition coefficient (Wildman–Crippen LogP) is 2.59. The van der Waals surface area contributed by atoms with Crippen molar-refractivity contribution in [1.29, 1.82) is 0 Å². The standard InChI is InChI=1S/C19H29N3O2S/c1-15(18(23)20-14-16-6-3-2-4-7-16)21-9-11-22(12-10-21)19(24)17-8-5-13-25-17/h5,8,13,15-16H,2-4,6-7,9-12,14H2,1H3,(H,20,23). The first-order valence-corrected chi connectivity index (χ1v) is 10.4. The summed E-state index contributed by atoms with van der Waals surface area (Å²) in [4.78, 5) is 29.7. The highest BCUT2D eigenvalue weighted by atomic mass is 32.1. The minimum Gasteiger partial charge on any atom is -0.354 e. The number of nitrogens with one attached hydrogen (secondary N) is 1. The Hall–Kier alpha value is -1.40. The van der Waals surface area contributed by atoms with Crippen molar-refractivity contribution >= 4 is 23.2 Å². The molecule has 1 saturated carbocycles. The third kappa shape index (κ3) is 4.82. The van der Waals surface area contributed by atoms with Crippen molar-refractivity contribution in [3.63, 3.8) is 0 Å². The maximum atomic E-state index is 12.5. The third-order valence-corrected chi connectivity index (χ3v) is 6.41. The Morgan fingerprint density at radius 3 is 2.56 bits per heavy atom. The Balaban J connectivity index is 1.42. The molecule has 1 aliphatic heterocycles. The number of carbonyl (C=O) groups excluding carboxylic acids is 2. The Kier molecular flexibility index (Phi) is 6.48. The molecule has 2 amide bonds. The molecule has 3 rings (SSSR count). The van der Waals surface area contributed by atoms with Gasteiger partial charge < -0.3 is 10.2 Å². The second-order valence-corrected chi connectivity index (χ2v) is 8.18. The molecule has 138 valence electrons. The van der Waals surface area contributed by atoms with Crippen molar-refractivity contribution in [1.82, 2.24) is 15.1 Å². The molecule has 1 aromatic heterocycles. The smallest absolute Gasteiger partial charge is 0.264 e. The lowest BCUT2D eigenvalue weighted by Gasteiger charge is -2.37. The van der Waals surface area contributed by atoms with Gasteiger partial charge in [0.25, 0.3) is 5.91 Å². The summed E-state index contributed by atoms with van der Waals surface area (Å²) < 4.78 is 0. The molecule has 1 saturated heterocycles. The van der Waals surface area contributed by atoms with Gasteiger partial charge in [-0.2, -0.15) is 0 Å². The molecule has 1 atom stereocenters. The molecule has 2 heterocycles. The summed E-state index contributed by atoms with van der Waals surface area (Å²) in [6, 6.07) is 3.66. The zero-order valence-electron chi connectivity index (χ0n) is 15.1. The molecule has 0 spiro atoms. The van der Waals surface area contributed by atoms with Crippen LogP contribution in [0.25, 0.3) is 0 Å². The zero-order chi connectivity index (χ0) is 17.6. The minimum atomic E-state index is -0.123. The maximum absolute atomic E-state index is 12.5. The van der Waals surface area contributed by atoms with E-state index in [2.05, 4.69) is 10.2 Å². The van der Waals surface area contributed by atoms with Crippen LogP contribution in [0.2, 0.25) is 0 Å². The Morgan fingerprint density at radius 2 is 1.92 bits per heavy atom.